The average Bonchev–Trinajstić information content (AvgIpc) is 3.21. The molecular weight excluding hydrogens is 433 g/mol. The molecule has 0 aromatic heterocycles. The SMILES string of the molecule is COc1cccc(C2C(CC=CCCCC(=O)O)CCN2S(=O)(=O)c2ccc(F)cc2)c1. The van der Waals surface area contributed by atoms with E-state index in [1.807, 2.05) is 36.4 Å². The maximum absolute atomic E-state index is 13.4. The van der Waals surface area contributed by atoms with E-state index in [0.717, 1.165) is 17.7 Å². The third-order valence-corrected chi connectivity index (χ3v) is 7.59. The normalized spacial score (nSPS) is 19.4. The van der Waals surface area contributed by atoms with Crippen LogP contribution < -0.4 is 4.74 Å². The van der Waals surface area contributed by atoms with Crippen molar-refractivity contribution in [2.75, 3.05) is 13.7 Å². The van der Waals surface area contributed by atoms with E-state index in [4.69, 9.17) is 9.84 Å². The van der Waals surface area contributed by atoms with Crippen LogP contribution in [0.3, 0.4) is 0 Å². The fourth-order valence-corrected chi connectivity index (χ4v) is 5.80. The summed E-state index contributed by atoms with van der Waals surface area (Å²) in [6.07, 6.45) is 6.69. The Labute approximate surface area is 188 Å². The number of methoxy groups -OCH3 is 1. The molecular formula is C24H28FNO5S. The quantitative estimate of drug-likeness (QED) is 0.406. The van der Waals surface area contributed by atoms with Crippen LogP contribution in [0.5, 0.6) is 5.75 Å². The first-order valence-electron chi connectivity index (χ1n) is 10.6. The van der Waals surface area contributed by atoms with Crippen LogP contribution in [0.15, 0.2) is 65.6 Å². The van der Waals surface area contributed by atoms with Gasteiger partial charge in [0.1, 0.15) is 11.6 Å². The Kier molecular flexibility index (Phi) is 8.04. The molecule has 0 bridgehead atoms. The predicted molar refractivity (Wildman–Crippen MR) is 119 cm³/mol. The number of unbranched alkanes of at least 4 members (excludes halogenated alkanes) is 1. The molecule has 0 amide bonds. The Morgan fingerprint density at radius 2 is 1.97 bits per heavy atom. The summed E-state index contributed by atoms with van der Waals surface area (Å²) >= 11 is 0. The van der Waals surface area contributed by atoms with Gasteiger partial charge < -0.3 is 9.84 Å². The molecule has 8 heteroatoms. The van der Waals surface area contributed by atoms with Gasteiger partial charge in [-0.3, -0.25) is 4.79 Å². The van der Waals surface area contributed by atoms with Gasteiger partial charge in [0.05, 0.1) is 18.0 Å². The monoisotopic (exact) mass is 461 g/mol. The first-order chi connectivity index (χ1) is 15.3. The zero-order chi connectivity index (χ0) is 23.1. The Bertz CT molecular complexity index is 1050. The summed E-state index contributed by atoms with van der Waals surface area (Å²) in [5.41, 5.74) is 0.844. The summed E-state index contributed by atoms with van der Waals surface area (Å²) in [5, 5.41) is 8.74. The van der Waals surface area contributed by atoms with Crippen molar-refractivity contribution in [3.8, 4) is 5.75 Å². The number of benzene rings is 2. The molecule has 0 radical (unpaired) electrons. The number of carboxylic acid groups (broad SMARTS) is 1. The van der Waals surface area contributed by atoms with Crippen molar-refractivity contribution in [2.45, 2.75) is 43.0 Å². The van der Waals surface area contributed by atoms with Crippen LogP contribution >= 0.6 is 0 Å². The smallest absolute Gasteiger partial charge is 0.303 e. The van der Waals surface area contributed by atoms with E-state index in [1.165, 1.54) is 16.4 Å². The minimum Gasteiger partial charge on any atom is -0.497 e. The average molecular weight is 462 g/mol. The highest BCUT2D eigenvalue weighted by atomic mass is 32.2. The third-order valence-electron chi connectivity index (χ3n) is 5.70. The maximum Gasteiger partial charge on any atom is 0.303 e. The number of ether oxygens (including phenoxy) is 1. The van der Waals surface area contributed by atoms with Crippen molar-refractivity contribution in [3.63, 3.8) is 0 Å². The lowest BCUT2D eigenvalue weighted by Gasteiger charge is -2.28. The lowest BCUT2D eigenvalue weighted by molar-refractivity contribution is -0.137. The number of nitrogens with zero attached hydrogens (tertiary/aromatic N) is 1. The fraction of sp³-hybridized carbons (Fsp3) is 0.375. The number of sulfonamides is 1. The molecule has 1 heterocycles. The molecule has 1 N–H and O–H groups in total. The number of allylic oxidation sites excluding steroid dienone is 2. The topological polar surface area (TPSA) is 83.9 Å². The van der Waals surface area contributed by atoms with Crippen LogP contribution in [0.25, 0.3) is 0 Å². The van der Waals surface area contributed by atoms with E-state index in [-0.39, 0.29) is 23.3 Å². The van der Waals surface area contributed by atoms with E-state index in [1.54, 1.807) is 7.11 Å². The van der Waals surface area contributed by atoms with E-state index in [9.17, 15) is 17.6 Å². The molecule has 0 saturated carbocycles. The fourth-order valence-electron chi connectivity index (χ4n) is 4.11. The molecule has 1 aliphatic rings. The predicted octanol–water partition coefficient (Wildman–Crippen LogP) is 4.79. The lowest BCUT2D eigenvalue weighted by Crippen LogP contribution is -2.32. The molecule has 2 aromatic rings. The number of carbonyl (C=O) groups is 1. The number of hydrogen-bond donors (Lipinski definition) is 1. The minimum atomic E-state index is -3.82. The Morgan fingerprint density at radius 3 is 2.66 bits per heavy atom. The molecule has 2 unspecified atom stereocenters. The Hall–Kier alpha value is -2.71. The summed E-state index contributed by atoms with van der Waals surface area (Å²) in [5.74, 6) is -0.598. The van der Waals surface area contributed by atoms with Gasteiger partial charge in [0.15, 0.2) is 0 Å². The zero-order valence-electron chi connectivity index (χ0n) is 18.0. The minimum absolute atomic E-state index is 0.0491. The summed E-state index contributed by atoms with van der Waals surface area (Å²) in [6.45, 7) is 0.360. The molecule has 1 fully saturated rings. The van der Waals surface area contributed by atoms with Crippen molar-refractivity contribution < 1.29 is 27.4 Å². The van der Waals surface area contributed by atoms with Crippen molar-refractivity contribution in [3.05, 3.63) is 72.1 Å². The number of hydrogen-bond acceptors (Lipinski definition) is 4. The highest BCUT2D eigenvalue weighted by Crippen LogP contribution is 2.43. The Balaban J connectivity index is 1.85. The number of halogens is 1. The Morgan fingerprint density at radius 1 is 1.22 bits per heavy atom. The zero-order valence-corrected chi connectivity index (χ0v) is 18.8. The van der Waals surface area contributed by atoms with Gasteiger partial charge in [-0.05, 0) is 73.6 Å². The van der Waals surface area contributed by atoms with Crippen LogP contribution in [-0.2, 0) is 14.8 Å². The van der Waals surface area contributed by atoms with Gasteiger partial charge in [0.2, 0.25) is 10.0 Å². The number of carboxylic acids is 1. The van der Waals surface area contributed by atoms with E-state index in [0.29, 0.717) is 38.0 Å². The second-order valence-corrected chi connectivity index (χ2v) is 9.72. The van der Waals surface area contributed by atoms with Gasteiger partial charge in [-0.15, -0.1) is 0 Å². The summed E-state index contributed by atoms with van der Waals surface area (Å²) < 4.78 is 47.0. The lowest BCUT2D eigenvalue weighted by atomic mass is 9.91. The van der Waals surface area contributed by atoms with E-state index >= 15 is 0 Å². The van der Waals surface area contributed by atoms with Crippen LogP contribution in [0.2, 0.25) is 0 Å². The molecule has 1 aliphatic heterocycles. The number of aliphatic carboxylic acids is 1. The first kappa shape index (κ1) is 23.9. The van der Waals surface area contributed by atoms with Crippen LogP contribution in [-0.4, -0.2) is 37.5 Å². The van der Waals surface area contributed by atoms with Crippen molar-refractivity contribution in [1.29, 1.82) is 0 Å². The van der Waals surface area contributed by atoms with Crippen LogP contribution in [0.4, 0.5) is 4.39 Å². The van der Waals surface area contributed by atoms with Gasteiger partial charge in [0.25, 0.3) is 0 Å². The van der Waals surface area contributed by atoms with Crippen molar-refractivity contribution in [1.82, 2.24) is 4.31 Å². The van der Waals surface area contributed by atoms with Crippen LogP contribution in [0, 0.1) is 11.7 Å². The van der Waals surface area contributed by atoms with Gasteiger partial charge in [-0.25, -0.2) is 12.8 Å². The van der Waals surface area contributed by atoms with Gasteiger partial charge in [0, 0.05) is 13.0 Å². The van der Waals surface area contributed by atoms with Crippen molar-refractivity contribution >= 4 is 16.0 Å². The summed E-state index contributed by atoms with van der Waals surface area (Å²) in [7, 11) is -2.25. The van der Waals surface area contributed by atoms with E-state index in [2.05, 4.69) is 0 Å². The van der Waals surface area contributed by atoms with Gasteiger partial charge >= 0.3 is 5.97 Å². The van der Waals surface area contributed by atoms with Gasteiger partial charge in [-0.2, -0.15) is 4.31 Å². The summed E-state index contributed by atoms with van der Waals surface area (Å²) in [4.78, 5) is 10.7. The highest BCUT2D eigenvalue weighted by Gasteiger charge is 2.42. The van der Waals surface area contributed by atoms with Gasteiger partial charge in [-0.1, -0.05) is 24.3 Å². The van der Waals surface area contributed by atoms with E-state index < -0.39 is 21.8 Å². The molecule has 3 rings (SSSR count). The summed E-state index contributed by atoms with van der Waals surface area (Å²) in [6, 6.07) is 11.9. The highest BCUT2D eigenvalue weighted by molar-refractivity contribution is 7.89. The third kappa shape index (κ3) is 5.75. The van der Waals surface area contributed by atoms with Crippen molar-refractivity contribution in [2.24, 2.45) is 5.92 Å². The number of rotatable bonds is 10. The first-order valence-corrected chi connectivity index (χ1v) is 12.0. The molecule has 0 spiro atoms. The second-order valence-electron chi connectivity index (χ2n) is 7.83. The maximum atomic E-state index is 13.4. The molecule has 2 aromatic carbocycles. The molecule has 0 aliphatic carbocycles. The second kappa shape index (κ2) is 10.7. The molecule has 1 saturated heterocycles. The van der Waals surface area contributed by atoms with Crippen LogP contribution in [0.1, 0.15) is 43.7 Å². The molecule has 32 heavy (non-hydrogen) atoms. The molecule has 2 atom stereocenters. The molecule has 172 valence electrons. The standard InChI is InChI=1S/C24H28FNO5S/c1-31-21-9-6-8-19(17-21)24-18(7-4-2-3-5-10-23(27)28)15-16-26(24)32(29,30)22-13-11-20(25)12-14-22/h2,4,6,8-9,11-14,17-18,24H,3,5,7,10,15-16H2,1H3,(H,27,28). The molecule has 6 nitrogen and oxygen atoms in total. The largest absolute Gasteiger partial charge is 0.497 e.